The number of nitrogens with one attached hydrogen (secondary N) is 2. The topological polar surface area (TPSA) is 98.7 Å². The number of ether oxygens (including phenoxy) is 2. The van der Waals surface area contributed by atoms with Crippen molar-refractivity contribution in [3.63, 3.8) is 0 Å². The van der Waals surface area contributed by atoms with E-state index in [1.54, 1.807) is 65.0 Å². The van der Waals surface area contributed by atoms with Gasteiger partial charge in [-0.15, -0.1) is 0 Å². The highest BCUT2D eigenvalue weighted by Gasteiger charge is 2.24. The van der Waals surface area contributed by atoms with Gasteiger partial charge in [0, 0.05) is 33.4 Å². The second-order valence-electron chi connectivity index (χ2n) is 9.28. The number of carbonyl (C=O) groups excluding carboxylic acids is 3. The molecule has 0 saturated heterocycles. The van der Waals surface area contributed by atoms with E-state index in [4.69, 9.17) is 32.7 Å². The van der Waals surface area contributed by atoms with Crippen molar-refractivity contribution >= 4 is 63.5 Å². The minimum Gasteiger partial charge on any atom is -0.449 e. The molecule has 0 bridgehead atoms. The van der Waals surface area contributed by atoms with Gasteiger partial charge in [-0.25, -0.2) is 9.59 Å². The maximum Gasteiger partial charge on any atom is 0.418 e. The van der Waals surface area contributed by atoms with E-state index in [1.165, 1.54) is 16.8 Å². The lowest BCUT2D eigenvalue weighted by molar-refractivity contribution is -0.111. The highest BCUT2D eigenvalue weighted by Crippen LogP contribution is 2.36. The zero-order valence-corrected chi connectivity index (χ0v) is 22.8. The van der Waals surface area contributed by atoms with Crippen LogP contribution in [0.3, 0.4) is 0 Å². The third kappa shape index (κ3) is 6.64. The fourth-order valence-corrected chi connectivity index (χ4v) is 4.31. The van der Waals surface area contributed by atoms with Gasteiger partial charge in [0.15, 0.2) is 0 Å². The molecule has 1 unspecified atom stereocenters. The molecule has 0 saturated carbocycles. The van der Waals surface area contributed by atoms with Crippen molar-refractivity contribution in [3.05, 3.63) is 70.3 Å². The molecule has 2 aromatic carbocycles. The number of fused-ring (bicyclic) bond motifs is 1. The first-order valence-electron chi connectivity index (χ1n) is 11.6. The van der Waals surface area contributed by atoms with Crippen LogP contribution in [0.25, 0.3) is 16.5 Å². The molecule has 2 amide bonds. The van der Waals surface area contributed by atoms with Crippen LogP contribution < -0.4 is 10.6 Å². The standard InChI is InChI=1S/C27H29Cl2N3O5/c1-7-36-26(35)32-14-19(23-20(29)12-17(28)13-22(23)32)15(2)24(33)31-21-11-9-8-10-18(21)16(3)30-25(34)37-27(4,5)6/h8-14,16H,2,7H2,1,3-6H3,(H,30,34)(H,31,33). The molecule has 1 heterocycles. The van der Waals surface area contributed by atoms with Crippen LogP contribution in [0.2, 0.25) is 10.0 Å². The van der Waals surface area contributed by atoms with Crippen LogP contribution in [0, 0.1) is 0 Å². The van der Waals surface area contributed by atoms with Crippen LogP contribution in [0.15, 0.2) is 49.2 Å². The molecule has 3 rings (SSSR count). The number of anilines is 1. The summed E-state index contributed by atoms with van der Waals surface area (Å²) in [5, 5.41) is 6.63. The molecule has 0 fully saturated rings. The van der Waals surface area contributed by atoms with Crippen molar-refractivity contribution in [2.45, 2.75) is 46.3 Å². The lowest BCUT2D eigenvalue weighted by atomic mass is 10.0. The van der Waals surface area contributed by atoms with Gasteiger partial charge in [0.05, 0.1) is 23.2 Å². The van der Waals surface area contributed by atoms with Crippen LogP contribution >= 0.6 is 23.2 Å². The Morgan fingerprint density at radius 1 is 1.14 bits per heavy atom. The van der Waals surface area contributed by atoms with Crippen molar-refractivity contribution in [3.8, 4) is 0 Å². The number of halogens is 2. The Morgan fingerprint density at radius 2 is 1.81 bits per heavy atom. The van der Waals surface area contributed by atoms with E-state index in [-0.39, 0.29) is 17.2 Å². The van der Waals surface area contributed by atoms with Gasteiger partial charge in [0.1, 0.15) is 5.60 Å². The minimum atomic E-state index is -0.649. The van der Waals surface area contributed by atoms with E-state index in [2.05, 4.69) is 17.2 Å². The summed E-state index contributed by atoms with van der Waals surface area (Å²) in [5.41, 5.74) is 1.28. The summed E-state index contributed by atoms with van der Waals surface area (Å²) in [4.78, 5) is 38.1. The molecule has 2 N–H and O–H groups in total. The Labute approximate surface area is 225 Å². The normalized spacial score (nSPS) is 12.1. The molecule has 196 valence electrons. The Kier molecular flexibility index (Phi) is 8.56. The molecule has 0 aliphatic rings. The first kappa shape index (κ1) is 28.1. The number of alkyl carbamates (subject to hydrolysis) is 1. The number of amides is 2. The van der Waals surface area contributed by atoms with Gasteiger partial charge in [-0.05, 0) is 58.4 Å². The van der Waals surface area contributed by atoms with E-state index in [0.717, 1.165) is 0 Å². The van der Waals surface area contributed by atoms with E-state index in [0.29, 0.717) is 32.7 Å². The van der Waals surface area contributed by atoms with Crippen LogP contribution in [-0.2, 0) is 14.3 Å². The quantitative estimate of drug-likeness (QED) is 0.319. The zero-order chi connectivity index (χ0) is 27.5. The summed E-state index contributed by atoms with van der Waals surface area (Å²) in [7, 11) is 0. The maximum absolute atomic E-state index is 13.3. The first-order valence-corrected chi connectivity index (χ1v) is 12.3. The van der Waals surface area contributed by atoms with Gasteiger partial charge in [-0.1, -0.05) is 48.0 Å². The van der Waals surface area contributed by atoms with Crippen LogP contribution in [0.1, 0.15) is 51.8 Å². The van der Waals surface area contributed by atoms with E-state index < -0.39 is 29.7 Å². The number of rotatable bonds is 6. The van der Waals surface area contributed by atoms with Crippen molar-refractivity contribution in [1.29, 1.82) is 0 Å². The smallest absolute Gasteiger partial charge is 0.418 e. The minimum absolute atomic E-state index is 0.0693. The number of para-hydroxylation sites is 1. The third-order valence-corrected chi connectivity index (χ3v) is 5.81. The fourth-order valence-electron chi connectivity index (χ4n) is 3.72. The Bertz CT molecular complexity index is 1370. The fraction of sp³-hybridized carbons (Fsp3) is 0.296. The predicted octanol–water partition coefficient (Wildman–Crippen LogP) is 7.19. The van der Waals surface area contributed by atoms with Crippen molar-refractivity contribution < 1.29 is 23.9 Å². The van der Waals surface area contributed by atoms with Gasteiger partial charge in [-0.3, -0.25) is 9.36 Å². The zero-order valence-electron chi connectivity index (χ0n) is 21.3. The average molecular weight is 546 g/mol. The molecule has 0 aliphatic carbocycles. The molecule has 0 spiro atoms. The van der Waals surface area contributed by atoms with E-state index in [1.807, 2.05) is 0 Å². The second kappa shape index (κ2) is 11.3. The molecule has 10 heteroatoms. The number of nitrogens with zero attached hydrogens (tertiary/aromatic N) is 1. The Morgan fingerprint density at radius 3 is 2.46 bits per heavy atom. The van der Waals surface area contributed by atoms with E-state index >= 15 is 0 Å². The number of hydrogen-bond acceptors (Lipinski definition) is 5. The van der Waals surface area contributed by atoms with Crippen molar-refractivity contribution in [1.82, 2.24) is 9.88 Å². The summed E-state index contributed by atoms with van der Waals surface area (Å²) in [6.07, 6.45) is 0.231. The highest BCUT2D eigenvalue weighted by molar-refractivity contribution is 6.40. The summed E-state index contributed by atoms with van der Waals surface area (Å²) in [6.45, 7) is 12.9. The summed E-state index contributed by atoms with van der Waals surface area (Å²) < 4.78 is 11.7. The van der Waals surface area contributed by atoms with Crippen LogP contribution in [0.5, 0.6) is 0 Å². The number of carbonyl (C=O) groups is 3. The first-order chi connectivity index (χ1) is 17.3. The Hall–Kier alpha value is -3.49. The monoisotopic (exact) mass is 545 g/mol. The second-order valence-corrected chi connectivity index (χ2v) is 10.1. The molecule has 0 aliphatic heterocycles. The summed E-state index contributed by atoms with van der Waals surface area (Å²) in [6, 6.07) is 9.66. The Balaban J connectivity index is 1.91. The van der Waals surface area contributed by atoms with Gasteiger partial charge >= 0.3 is 12.2 Å². The van der Waals surface area contributed by atoms with Gasteiger partial charge in [0.2, 0.25) is 0 Å². The largest absolute Gasteiger partial charge is 0.449 e. The molecular weight excluding hydrogens is 517 g/mol. The SMILES string of the molecule is C=C(C(=O)Nc1ccccc1C(C)NC(=O)OC(C)(C)C)c1cn(C(=O)OCC)c2cc(Cl)cc(Cl)c12. The lowest BCUT2D eigenvalue weighted by Crippen LogP contribution is -2.34. The lowest BCUT2D eigenvalue weighted by Gasteiger charge is -2.23. The van der Waals surface area contributed by atoms with Gasteiger partial charge < -0.3 is 20.1 Å². The molecule has 1 atom stereocenters. The predicted molar refractivity (Wildman–Crippen MR) is 146 cm³/mol. The van der Waals surface area contributed by atoms with Crippen molar-refractivity contribution in [2.24, 2.45) is 0 Å². The summed E-state index contributed by atoms with van der Waals surface area (Å²) >= 11 is 12.6. The van der Waals surface area contributed by atoms with Crippen molar-refractivity contribution in [2.75, 3.05) is 11.9 Å². The average Bonchev–Trinajstić information content (AvgIpc) is 3.17. The summed E-state index contributed by atoms with van der Waals surface area (Å²) in [5.74, 6) is -0.522. The number of hydrogen-bond donors (Lipinski definition) is 2. The van der Waals surface area contributed by atoms with Gasteiger partial charge in [-0.2, -0.15) is 0 Å². The molecule has 8 nitrogen and oxygen atoms in total. The van der Waals surface area contributed by atoms with E-state index in [9.17, 15) is 14.4 Å². The molecule has 1 aromatic heterocycles. The number of benzene rings is 2. The molecule has 37 heavy (non-hydrogen) atoms. The van der Waals surface area contributed by atoms with Gasteiger partial charge in [0.25, 0.3) is 5.91 Å². The van der Waals surface area contributed by atoms with Crippen LogP contribution in [-0.4, -0.2) is 34.9 Å². The number of aromatic nitrogens is 1. The molecule has 0 radical (unpaired) electrons. The third-order valence-electron chi connectivity index (χ3n) is 5.29. The molecule has 3 aromatic rings. The maximum atomic E-state index is 13.3. The van der Waals surface area contributed by atoms with Crippen LogP contribution in [0.4, 0.5) is 15.3 Å². The highest BCUT2D eigenvalue weighted by atomic mass is 35.5. The molecular formula is C27H29Cl2N3O5.